The number of benzene rings is 1. The van der Waals surface area contributed by atoms with Crippen molar-refractivity contribution in [1.29, 1.82) is 0 Å². The van der Waals surface area contributed by atoms with E-state index in [1.807, 2.05) is 20.8 Å². The minimum atomic E-state index is -0.0637. The summed E-state index contributed by atoms with van der Waals surface area (Å²) in [5.74, 6) is 0.758. The predicted octanol–water partition coefficient (Wildman–Crippen LogP) is 2.52. The molecule has 0 atom stereocenters. The van der Waals surface area contributed by atoms with E-state index >= 15 is 0 Å². The number of rotatable bonds is 5. The quantitative estimate of drug-likeness (QED) is 0.851. The van der Waals surface area contributed by atoms with Crippen molar-refractivity contribution in [2.75, 3.05) is 13.2 Å². The second-order valence-corrected chi connectivity index (χ2v) is 4.37. The molecule has 0 saturated carbocycles. The molecule has 3 nitrogen and oxygen atoms in total. The van der Waals surface area contributed by atoms with Crippen molar-refractivity contribution in [3.05, 3.63) is 28.8 Å². The predicted molar refractivity (Wildman–Crippen MR) is 69.4 cm³/mol. The highest BCUT2D eigenvalue weighted by Crippen LogP contribution is 2.24. The monoisotopic (exact) mass is 235 g/mol. The minimum Gasteiger partial charge on any atom is -0.483 e. The Morgan fingerprint density at radius 1 is 1.24 bits per heavy atom. The number of aryl methyl sites for hydroxylation is 3. The number of carbonyl (C=O) groups excluding carboxylic acids is 1. The number of hydrogen-bond donors (Lipinski definition) is 1. The zero-order valence-electron chi connectivity index (χ0n) is 11.1. The molecule has 0 aliphatic carbocycles. The molecular weight excluding hydrogens is 214 g/mol. The zero-order valence-corrected chi connectivity index (χ0v) is 11.1. The summed E-state index contributed by atoms with van der Waals surface area (Å²) in [4.78, 5) is 11.4. The zero-order chi connectivity index (χ0) is 12.8. The van der Waals surface area contributed by atoms with E-state index in [0.29, 0.717) is 6.54 Å². The van der Waals surface area contributed by atoms with E-state index in [0.717, 1.165) is 23.3 Å². The molecule has 0 aromatic heterocycles. The Morgan fingerprint density at radius 2 is 1.82 bits per heavy atom. The molecule has 0 fully saturated rings. The van der Waals surface area contributed by atoms with Crippen LogP contribution in [0.15, 0.2) is 12.1 Å². The summed E-state index contributed by atoms with van der Waals surface area (Å²) in [5.41, 5.74) is 3.36. The normalized spacial score (nSPS) is 10.1. The smallest absolute Gasteiger partial charge is 0.257 e. The molecule has 1 N–H and O–H groups in total. The molecular formula is C14H21NO2. The third-order valence-electron chi connectivity index (χ3n) is 2.52. The maximum atomic E-state index is 11.4. The summed E-state index contributed by atoms with van der Waals surface area (Å²) in [6.07, 6.45) is 0.939. The molecule has 1 aromatic rings. The van der Waals surface area contributed by atoms with E-state index in [9.17, 15) is 4.79 Å². The fourth-order valence-corrected chi connectivity index (χ4v) is 1.85. The summed E-state index contributed by atoms with van der Waals surface area (Å²) in [6.45, 7) is 8.87. The molecule has 1 aromatic carbocycles. The maximum absolute atomic E-state index is 11.4. The molecule has 1 amide bonds. The SMILES string of the molecule is CCCNC(=O)COc1c(C)cc(C)cc1C. The van der Waals surface area contributed by atoms with Crippen LogP contribution in [-0.2, 0) is 4.79 Å². The van der Waals surface area contributed by atoms with Crippen LogP contribution in [0.1, 0.15) is 30.0 Å². The minimum absolute atomic E-state index is 0.0637. The lowest BCUT2D eigenvalue weighted by molar-refractivity contribution is -0.123. The standard InChI is InChI=1S/C14H21NO2/c1-5-6-15-13(16)9-17-14-11(3)7-10(2)8-12(14)4/h7-8H,5-6,9H2,1-4H3,(H,15,16). The van der Waals surface area contributed by atoms with Crippen molar-refractivity contribution in [2.24, 2.45) is 0 Å². The molecule has 3 heteroatoms. The van der Waals surface area contributed by atoms with Crippen LogP contribution in [0.25, 0.3) is 0 Å². The van der Waals surface area contributed by atoms with Gasteiger partial charge in [0, 0.05) is 6.54 Å². The van der Waals surface area contributed by atoms with Crippen LogP contribution in [-0.4, -0.2) is 19.1 Å². The van der Waals surface area contributed by atoms with E-state index in [2.05, 4.69) is 24.4 Å². The Morgan fingerprint density at radius 3 is 2.35 bits per heavy atom. The van der Waals surface area contributed by atoms with Gasteiger partial charge in [0.05, 0.1) is 0 Å². The van der Waals surface area contributed by atoms with E-state index in [1.165, 1.54) is 5.56 Å². The molecule has 0 spiro atoms. The van der Waals surface area contributed by atoms with Crippen LogP contribution in [0.4, 0.5) is 0 Å². The Labute approximate surface area is 103 Å². The molecule has 0 radical (unpaired) electrons. The van der Waals surface area contributed by atoms with Crippen LogP contribution in [0.2, 0.25) is 0 Å². The van der Waals surface area contributed by atoms with Gasteiger partial charge in [0.1, 0.15) is 5.75 Å². The number of carbonyl (C=O) groups is 1. The van der Waals surface area contributed by atoms with Crippen molar-refractivity contribution in [3.63, 3.8) is 0 Å². The first-order valence-electron chi connectivity index (χ1n) is 6.02. The largest absolute Gasteiger partial charge is 0.483 e. The molecule has 94 valence electrons. The van der Waals surface area contributed by atoms with Gasteiger partial charge in [-0.15, -0.1) is 0 Å². The van der Waals surface area contributed by atoms with Crippen molar-refractivity contribution >= 4 is 5.91 Å². The lowest BCUT2D eigenvalue weighted by Crippen LogP contribution is -2.29. The number of nitrogens with one attached hydrogen (secondary N) is 1. The van der Waals surface area contributed by atoms with Gasteiger partial charge >= 0.3 is 0 Å². The lowest BCUT2D eigenvalue weighted by Gasteiger charge is -2.12. The highest BCUT2D eigenvalue weighted by atomic mass is 16.5. The molecule has 17 heavy (non-hydrogen) atoms. The van der Waals surface area contributed by atoms with Crippen LogP contribution in [0, 0.1) is 20.8 Å². The fraction of sp³-hybridized carbons (Fsp3) is 0.500. The first-order chi connectivity index (χ1) is 8.04. The van der Waals surface area contributed by atoms with Gasteiger partial charge in [-0.2, -0.15) is 0 Å². The van der Waals surface area contributed by atoms with Crippen LogP contribution >= 0.6 is 0 Å². The van der Waals surface area contributed by atoms with Gasteiger partial charge < -0.3 is 10.1 Å². The summed E-state index contributed by atoms with van der Waals surface area (Å²) < 4.78 is 5.57. The third kappa shape index (κ3) is 4.10. The van der Waals surface area contributed by atoms with E-state index in [1.54, 1.807) is 0 Å². The van der Waals surface area contributed by atoms with Crippen LogP contribution < -0.4 is 10.1 Å². The highest BCUT2D eigenvalue weighted by molar-refractivity contribution is 5.77. The second kappa shape index (κ2) is 6.28. The summed E-state index contributed by atoms with van der Waals surface area (Å²) in [5, 5.41) is 2.79. The Balaban J connectivity index is 2.60. The van der Waals surface area contributed by atoms with Crippen molar-refractivity contribution in [1.82, 2.24) is 5.32 Å². The van der Waals surface area contributed by atoms with E-state index in [-0.39, 0.29) is 12.5 Å². The number of ether oxygens (including phenoxy) is 1. The van der Waals surface area contributed by atoms with Crippen molar-refractivity contribution in [3.8, 4) is 5.75 Å². The van der Waals surface area contributed by atoms with Gasteiger partial charge in [0.25, 0.3) is 5.91 Å². The van der Waals surface area contributed by atoms with E-state index < -0.39 is 0 Å². The van der Waals surface area contributed by atoms with Gasteiger partial charge in [-0.05, 0) is 38.3 Å². The van der Waals surface area contributed by atoms with Gasteiger partial charge in [0.15, 0.2) is 6.61 Å². The number of amides is 1. The van der Waals surface area contributed by atoms with Crippen molar-refractivity contribution in [2.45, 2.75) is 34.1 Å². The van der Waals surface area contributed by atoms with Gasteiger partial charge in [-0.3, -0.25) is 4.79 Å². The summed E-state index contributed by atoms with van der Waals surface area (Å²) in [6, 6.07) is 4.12. The second-order valence-electron chi connectivity index (χ2n) is 4.37. The average molecular weight is 235 g/mol. The fourth-order valence-electron chi connectivity index (χ4n) is 1.85. The molecule has 0 aliphatic rings. The third-order valence-corrected chi connectivity index (χ3v) is 2.52. The van der Waals surface area contributed by atoms with Gasteiger partial charge in [0.2, 0.25) is 0 Å². The molecule has 0 heterocycles. The molecule has 0 unspecified atom stereocenters. The van der Waals surface area contributed by atoms with Crippen LogP contribution in [0.5, 0.6) is 5.75 Å². The molecule has 0 aliphatic heterocycles. The first-order valence-corrected chi connectivity index (χ1v) is 6.02. The first kappa shape index (κ1) is 13.6. The number of hydrogen-bond acceptors (Lipinski definition) is 2. The van der Waals surface area contributed by atoms with Crippen LogP contribution in [0.3, 0.4) is 0 Å². The molecule has 0 bridgehead atoms. The summed E-state index contributed by atoms with van der Waals surface area (Å²) >= 11 is 0. The maximum Gasteiger partial charge on any atom is 0.257 e. The van der Waals surface area contributed by atoms with Crippen molar-refractivity contribution < 1.29 is 9.53 Å². The Bertz CT molecular complexity index is 376. The van der Waals surface area contributed by atoms with Gasteiger partial charge in [-0.1, -0.05) is 24.6 Å². The Hall–Kier alpha value is -1.51. The Kier molecular flexibility index (Phi) is 5.01. The average Bonchev–Trinajstić information content (AvgIpc) is 2.24. The van der Waals surface area contributed by atoms with Gasteiger partial charge in [-0.25, -0.2) is 0 Å². The lowest BCUT2D eigenvalue weighted by atomic mass is 10.1. The topological polar surface area (TPSA) is 38.3 Å². The molecule has 1 rings (SSSR count). The highest BCUT2D eigenvalue weighted by Gasteiger charge is 2.07. The summed E-state index contributed by atoms with van der Waals surface area (Å²) in [7, 11) is 0. The molecule has 0 saturated heterocycles. The van der Waals surface area contributed by atoms with E-state index in [4.69, 9.17) is 4.74 Å².